The lowest BCUT2D eigenvalue weighted by Crippen LogP contribution is -2.37. The van der Waals surface area contributed by atoms with Crippen molar-refractivity contribution in [2.24, 2.45) is 10.9 Å². The van der Waals surface area contributed by atoms with E-state index in [0.717, 1.165) is 74.4 Å². The summed E-state index contributed by atoms with van der Waals surface area (Å²) in [6.07, 6.45) is 2.05. The van der Waals surface area contributed by atoms with Gasteiger partial charge in [-0.25, -0.2) is 0 Å². The van der Waals surface area contributed by atoms with Crippen LogP contribution >= 0.6 is 24.0 Å². The van der Waals surface area contributed by atoms with Gasteiger partial charge in [0.2, 0.25) is 0 Å². The summed E-state index contributed by atoms with van der Waals surface area (Å²) in [4.78, 5) is 4.31. The van der Waals surface area contributed by atoms with Crippen LogP contribution in [0, 0.1) is 12.8 Å². The van der Waals surface area contributed by atoms with Crippen LogP contribution in [-0.4, -0.2) is 46.0 Å². The molecule has 1 atom stereocenters. The van der Waals surface area contributed by atoms with Gasteiger partial charge in [-0.15, -0.1) is 24.0 Å². The van der Waals surface area contributed by atoms with Gasteiger partial charge in [0.25, 0.3) is 0 Å². The Morgan fingerprint density at radius 2 is 2.00 bits per heavy atom. The molecule has 1 fully saturated rings. The number of aryl methyl sites for hydroxylation is 1. The van der Waals surface area contributed by atoms with Gasteiger partial charge in [-0.05, 0) is 43.5 Å². The topological polar surface area (TPSA) is 64.1 Å². The molecule has 1 unspecified atom stereocenters. The molecule has 1 aliphatic rings. The number of benzene rings is 2. The van der Waals surface area contributed by atoms with E-state index in [9.17, 15) is 0 Å². The van der Waals surface area contributed by atoms with Crippen molar-refractivity contribution in [3.05, 3.63) is 59.7 Å². The number of guanidine groups is 1. The van der Waals surface area contributed by atoms with Crippen molar-refractivity contribution in [1.82, 2.24) is 10.6 Å². The fraction of sp³-hybridized carbons (Fsp3) is 0.458. The smallest absolute Gasteiger partial charge is 0.191 e. The first-order valence-corrected chi connectivity index (χ1v) is 10.7. The molecule has 0 bridgehead atoms. The number of nitrogens with one attached hydrogen (secondary N) is 2. The Labute approximate surface area is 202 Å². The van der Waals surface area contributed by atoms with E-state index in [1.54, 1.807) is 7.05 Å². The van der Waals surface area contributed by atoms with E-state index in [1.807, 2.05) is 30.3 Å². The van der Waals surface area contributed by atoms with E-state index in [4.69, 9.17) is 14.2 Å². The normalized spacial score (nSPS) is 15.9. The molecule has 0 spiro atoms. The van der Waals surface area contributed by atoms with E-state index in [-0.39, 0.29) is 24.0 Å². The molecule has 2 aromatic carbocycles. The minimum atomic E-state index is 0. The predicted octanol–water partition coefficient (Wildman–Crippen LogP) is 4.51. The van der Waals surface area contributed by atoms with E-state index in [2.05, 4.69) is 40.7 Å². The molecule has 0 aliphatic carbocycles. The molecule has 170 valence electrons. The highest BCUT2D eigenvalue weighted by Crippen LogP contribution is 2.26. The average Bonchev–Trinajstić information content (AvgIpc) is 3.28. The van der Waals surface area contributed by atoms with Crippen molar-refractivity contribution in [3.63, 3.8) is 0 Å². The number of aliphatic imine (C=N–C) groups is 1. The van der Waals surface area contributed by atoms with Crippen molar-refractivity contribution in [3.8, 4) is 11.5 Å². The monoisotopic (exact) mass is 539 g/mol. The second-order valence-electron chi connectivity index (χ2n) is 7.54. The molecule has 3 rings (SSSR count). The lowest BCUT2D eigenvalue weighted by atomic mass is 10.1. The largest absolute Gasteiger partial charge is 0.457 e. The number of para-hydroxylation sites is 1. The Morgan fingerprint density at radius 3 is 2.74 bits per heavy atom. The van der Waals surface area contributed by atoms with E-state index >= 15 is 0 Å². The van der Waals surface area contributed by atoms with Gasteiger partial charge in [0, 0.05) is 44.8 Å². The van der Waals surface area contributed by atoms with Crippen molar-refractivity contribution in [1.29, 1.82) is 0 Å². The van der Waals surface area contributed by atoms with Crippen LogP contribution in [0.15, 0.2) is 53.5 Å². The third-order valence-electron chi connectivity index (χ3n) is 5.00. The number of ether oxygens (including phenoxy) is 3. The lowest BCUT2D eigenvalue weighted by molar-refractivity contribution is 0.0888. The number of nitrogens with zero attached hydrogens (tertiary/aromatic N) is 1. The summed E-state index contributed by atoms with van der Waals surface area (Å²) in [5.41, 5.74) is 2.24. The zero-order valence-electron chi connectivity index (χ0n) is 18.4. The van der Waals surface area contributed by atoms with Gasteiger partial charge < -0.3 is 24.8 Å². The summed E-state index contributed by atoms with van der Waals surface area (Å²) in [7, 11) is 1.78. The maximum atomic E-state index is 6.10. The third kappa shape index (κ3) is 9.04. The summed E-state index contributed by atoms with van der Waals surface area (Å²) in [6, 6.07) is 16.1. The van der Waals surface area contributed by atoms with Crippen LogP contribution in [0.3, 0.4) is 0 Å². The highest BCUT2D eigenvalue weighted by Gasteiger charge is 2.15. The average molecular weight is 539 g/mol. The molecule has 0 amide bonds. The maximum Gasteiger partial charge on any atom is 0.191 e. The fourth-order valence-corrected chi connectivity index (χ4v) is 3.26. The Bertz CT molecular complexity index is 796. The van der Waals surface area contributed by atoms with E-state index in [0.29, 0.717) is 12.5 Å². The van der Waals surface area contributed by atoms with Gasteiger partial charge in [0.1, 0.15) is 11.5 Å². The first-order valence-electron chi connectivity index (χ1n) is 10.7. The second kappa shape index (κ2) is 14.3. The molecule has 2 N–H and O–H groups in total. The van der Waals surface area contributed by atoms with E-state index in [1.165, 1.54) is 0 Å². The fourth-order valence-electron chi connectivity index (χ4n) is 3.26. The zero-order valence-corrected chi connectivity index (χ0v) is 20.8. The quantitative estimate of drug-likeness (QED) is 0.201. The number of hydrogen-bond donors (Lipinski definition) is 2. The van der Waals surface area contributed by atoms with Gasteiger partial charge in [-0.2, -0.15) is 0 Å². The van der Waals surface area contributed by atoms with Crippen LogP contribution in [0.2, 0.25) is 0 Å². The van der Waals surface area contributed by atoms with Gasteiger partial charge in [-0.1, -0.05) is 30.3 Å². The predicted molar refractivity (Wildman–Crippen MR) is 136 cm³/mol. The van der Waals surface area contributed by atoms with Crippen molar-refractivity contribution < 1.29 is 14.2 Å². The molecule has 0 radical (unpaired) electrons. The Balaban J connectivity index is 0.00000341. The minimum Gasteiger partial charge on any atom is -0.457 e. The van der Waals surface area contributed by atoms with Crippen LogP contribution in [0.5, 0.6) is 11.5 Å². The number of hydrogen-bond acceptors (Lipinski definition) is 4. The molecule has 1 heterocycles. The van der Waals surface area contributed by atoms with Gasteiger partial charge in [0.15, 0.2) is 5.96 Å². The lowest BCUT2D eigenvalue weighted by Gasteiger charge is -2.15. The highest BCUT2D eigenvalue weighted by molar-refractivity contribution is 14.0. The Morgan fingerprint density at radius 1 is 1.16 bits per heavy atom. The molecule has 2 aromatic rings. The standard InChI is InChI=1S/C24H33N3O3.HI/c1-19-9-10-21(23(15-19)30-22-7-4-3-5-8-22)16-27-24(25-2)26-12-6-13-28-17-20-11-14-29-18-20;/h3-5,7-10,15,20H,6,11-14,16-18H2,1-2H3,(H2,25,26,27);1H. The molecule has 7 heteroatoms. The summed E-state index contributed by atoms with van der Waals surface area (Å²) in [6.45, 7) is 6.75. The van der Waals surface area contributed by atoms with Crippen LogP contribution < -0.4 is 15.4 Å². The molecule has 0 aromatic heterocycles. The molecular formula is C24H34IN3O3. The van der Waals surface area contributed by atoms with Crippen molar-refractivity contribution in [2.45, 2.75) is 26.3 Å². The molecule has 0 saturated carbocycles. The Kier molecular flexibility index (Phi) is 11.7. The minimum absolute atomic E-state index is 0. The highest BCUT2D eigenvalue weighted by atomic mass is 127. The Hall–Kier alpha value is -1.84. The third-order valence-corrected chi connectivity index (χ3v) is 5.00. The first kappa shape index (κ1) is 25.4. The van der Waals surface area contributed by atoms with Crippen molar-refractivity contribution >= 4 is 29.9 Å². The first-order chi connectivity index (χ1) is 14.7. The number of rotatable bonds is 10. The summed E-state index contributed by atoms with van der Waals surface area (Å²) in [5.74, 6) is 3.02. The molecule has 1 aliphatic heterocycles. The van der Waals surface area contributed by atoms with E-state index < -0.39 is 0 Å². The molecule has 1 saturated heterocycles. The summed E-state index contributed by atoms with van der Waals surface area (Å²) in [5, 5.41) is 6.71. The van der Waals surface area contributed by atoms with Crippen LogP contribution in [0.25, 0.3) is 0 Å². The van der Waals surface area contributed by atoms with Crippen molar-refractivity contribution in [2.75, 3.05) is 40.0 Å². The summed E-state index contributed by atoms with van der Waals surface area (Å²) >= 11 is 0. The van der Waals surface area contributed by atoms with Gasteiger partial charge >= 0.3 is 0 Å². The summed E-state index contributed by atoms with van der Waals surface area (Å²) < 4.78 is 17.2. The van der Waals surface area contributed by atoms with Crippen LogP contribution in [-0.2, 0) is 16.0 Å². The zero-order chi connectivity index (χ0) is 21.0. The number of halogens is 1. The molecular weight excluding hydrogens is 505 g/mol. The molecule has 31 heavy (non-hydrogen) atoms. The van der Waals surface area contributed by atoms with Gasteiger partial charge in [0.05, 0.1) is 13.2 Å². The van der Waals surface area contributed by atoms with Crippen LogP contribution in [0.4, 0.5) is 0 Å². The van der Waals surface area contributed by atoms with Gasteiger partial charge in [-0.3, -0.25) is 4.99 Å². The molecule has 6 nitrogen and oxygen atoms in total. The SMILES string of the molecule is CN=C(NCCCOCC1CCOC1)NCc1ccc(C)cc1Oc1ccccc1.I. The maximum absolute atomic E-state index is 6.10. The van der Waals surface area contributed by atoms with Crippen LogP contribution in [0.1, 0.15) is 24.0 Å². The second-order valence-corrected chi connectivity index (χ2v) is 7.54.